The number of rotatable bonds is 6. The van der Waals surface area contributed by atoms with Crippen molar-refractivity contribution in [3.8, 4) is 0 Å². The number of aliphatic hydroxyl groups is 1. The van der Waals surface area contributed by atoms with E-state index >= 15 is 0 Å². The topological polar surface area (TPSA) is 37.2 Å². The number of fused-ring (bicyclic) bond motifs is 1. The zero-order valence-electron chi connectivity index (χ0n) is 12.3. The summed E-state index contributed by atoms with van der Waals surface area (Å²) >= 11 is 6.28. The van der Waals surface area contributed by atoms with E-state index in [-0.39, 0.29) is 6.61 Å². The van der Waals surface area contributed by atoms with Crippen molar-refractivity contribution in [3.63, 3.8) is 0 Å². The fraction of sp³-hybridized carbons (Fsp3) is 0.222. The van der Waals surface area contributed by atoms with Crippen LogP contribution in [0.25, 0.3) is 10.9 Å². The average Bonchev–Trinajstić information content (AvgIpc) is 2.91. The maximum atomic E-state index is 8.89. The van der Waals surface area contributed by atoms with E-state index in [9.17, 15) is 0 Å². The van der Waals surface area contributed by atoms with E-state index < -0.39 is 0 Å². The van der Waals surface area contributed by atoms with Crippen molar-refractivity contribution in [3.05, 3.63) is 70.9 Å². The van der Waals surface area contributed by atoms with Crippen LogP contribution in [0, 0.1) is 0 Å². The van der Waals surface area contributed by atoms with Gasteiger partial charge in [0.2, 0.25) is 0 Å². The Kier molecular flexibility index (Phi) is 4.78. The van der Waals surface area contributed by atoms with Crippen molar-refractivity contribution < 1.29 is 5.11 Å². The number of aromatic nitrogens is 1. The van der Waals surface area contributed by atoms with Crippen LogP contribution in [0.15, 0.2) is 54.7 Å². The van der Waals surface area contributed by atoms with Gasteiger partial charge in [-0.15, -0.1) is 0 Å². The highest BCUT2D eigenvalue weighted by molar-refractivity contribution is 6.31. The van der Waals surface area contributed by atoms with Crippen molar-refractivity contribution in [2.24, 2.45) is 0 Å². The van der Waals surface area contributed by atoms with E-state index in [4.69, 9.17) is 16.7 Å². The molecule has 22 heavy (non-hydrogen) atoms. The molecule has 0 aliphatic carbocycles. The van der Waals surface area contributed by atoms with Gasteiger partial charge in [-0.1, -0.05) is 41.9 Å². The zero-order chi connectivity index (χ0) is 15.4. The van der Waals surface area contributed by atoms with Crippen molar-refractivity contribution in [2.45, 2.75) is 13.1 Å². The number of halogens is 1. The number of benzene rings is 2. The number of aliphatic hydroxyl groups excluding tert-OH is 1. The van der Waals surface area contributed by atoms with E-state index in [1.54, 1.807) is 0 Å². The fourth-order valence-corrected chi connectivity index (χ4v) is 2.93. The highest BCUT2D eigenvalue weighted by atomic mass is 35.5. The minimum Gasteiger partial charge on any atom is -0.395 e. The summed E-state index contributed by atoms with van der Waals surface area (Å²) in [4.78, 5) is 0. The minimum absolute atomic E-state index is 0.138. The summed E-state index contributed by atoms with van der Waals surface area (Å²) in [6, 6.07) is 16.5. The van der Waals surface area contributed by atoms with Crippen molar-refractivity contribution in [2.75, 3.05) is 13.2 Å². The molecule has 0 bridgehead atoms. The summed E-state index contributed by atoms with van der Waals surface area (Å²) in [5, 5.41) is 14.0. The molecule has 2 N–H and O–H groups in total. The lowest BCUT2D eigenvalue weighted by atomic mass is 10.1. The van der Waals surface area contributed by atoms with Crippen LogP contribution in [0.2, 0.25) is 5.02 Å². The third-order valence-electron chi connectivity index (χ3n) is 3.74. The summed E-state index contributed by atoms with van der Waals surface area (Å²) < 4.78 is 2.21. The molecule has 0 radical (unpaired) electrons. The van der Waals surface area contributed by atoms with Crippen molar-refractivity contribution in [1.29, 1.82) is 0 Å². The Morgan fingerprint density at radius 1 is 1.09 bits per heavy atom. The molecule has 1 heterocycles. The van der Waals surface area contributed by atoms with Crippen molar-refractivity contribution in [1.82, 2.24) is 9.88 Å². The van der Waals surface area contributed by atoms with Crippen LogP contribution in [-0.4, -0.2) is 22.8 Å². The highest BCUT2D eigenvalue weighted by Gasteiger charge is 2.08. The van der Waals surface area contributed by atoms with Gasteiger partial charge in [-0.05, 0) is 29.3 Å². The first kappa shape index (κ1) is 15.1. The van der Waals surface area contributed by atoms with E-state index in [0.29, 0.717) is 13.1 Å². The molecule has 2 aromatic carbocycles. The SMILES string of the molecule is OCCNCc1cc(Cl)cc2c1ccn2Cc1ccccc1. The predicted molar refractivity (Wildman–Crippen MR) is 91.3 cm³/mol. The van der Waals surface area contributed by atoms with E-state index in [1.165, 1.54) is 10.9 Å². The molecule has 0 aliphatic heterocycles. The van der Waals surface area contributed by atoms with Crippen LogP contribution in [0.4, 0.5) is 0 Å². The first-order chi connectivity index (χ1) is 10.8. The third kappa shape index (κ3) is 3.33. The molecule has 0 fully saturated rings. The summed E-state index contributed by atoms with van der Waals surface area (Å²) in [7, 11) is 0. The van der Waals surface area contributed by atoms with Gasteiger partial charge < -0.3 is 15.0 Å². The van der Waals surface area contributed by atoms with Gasteiger partial charge in [-0.3, -0.25) is 0 Å². The van der Waals surface area contributed by atoms with Crippen LogP contribution >= 0.6 is 11.6 Å². The first-order valence-electron chi connectivity index (χ1n) is 7.40. The normalized spacial score (nSPS) is 11.2. The predicted octanol–water partition coefficient (Wildman–Crippen LogP) is 3.42. The standard InChI is InChI=1S/C18H19ClN2O/c19-16-10-15(12-20-7-9-22)17-6-8-21(18(17)11-16)13-14-4-2-1-3-5-14/h1-6,8,10-11,20,22H,7,9,12-13H2. The lowest BCUT2D eigenvalue weighted by molar-refractivity contribution is 0.292. The summed E-state index contributed by atoms with van der Waals surface area (Å²) in [6.45, 7) is 2.25. The number of hydrogen-bond donors (Lipinski definition) is 2. The Balaban J connectivity index is 1.93. The molecule has 0 saturated heterocycles. The molecule has 0 amide bonds. The molecular formula is C18H19ClN2O. The van der Waals surface area contributed by atoms with Crippen LogP contribution in [0.3, 0.4) is 0 Å². The molecule has 1 aromatic heterocycles. The highest BCUT2D eigenvalue weighted by Crippen LogP contribution is 2.26. The van der Waals surface area contributed by atoms with E-state index in [2.05, 4.69) is 46.4 Å². The summed E-state index contributed by atoms with van der Waals surface area (Å²) in [5.41, 5.74) is 3.56. The number of hydrogen-bond acceptors (Lipinski definition) is 2. The molecule has 0 aliphatic rings. The van der Waals surface area contributed by atoms with Gasteiger partial charge in [-0.2, -0.15) is 0 Å². The molecule has 3 rings (SSSR count). The monoisotopic (exact) mass is 314 g/mol. The quantitative estimate of drug-likeness (QED) is 0.684. The molecule has 114 valence electrons. The Hall–Kier alpha value is -1.81. The second-order valence-electron chi connectivity index (χ2n) is 5.33. The largest absolute Gasteiger partial charge is 0.395 e. The van der Waals surface area contributed by atoms with Crippen molar-refractivity contribution >= 4 is 22.5 Å². The van der Waals surface area contributed by atoms with Gasteiger partial charge >= 0.3 is 0 Å². The van der Waals surface area contributed by atoms with Gasteiger partial charge in [0, 0.05) is 36.2 Å². The van der Waals surface area contributed by atoms with E-state index in [1.807, 2.05) is 18.2 Å². The third-order valence-corrected chi connectivity index (χ3v) is 3.96. The van der Waals surface area contributed by atoms with Crippen LogP contribution in [-0.2, 0) is 13.1 Å². The molecule has 4 heteroatoms. The summed E-state index contributed by atoms with van der Waals surface area (Å²) in [5.74, 6) is 0. The molecule has 0 unspecified atom stereocenters. The minimum atomic E-state index is 0.138. The maximum absolute atomic E-state index is 8.89. The Labute approximate surface area is 135 Å². The van der Waals surface area contributed by atoms with Gasteiger partial charge in [0.1, 0.15) is 0 Å². The molecule has 3 nitrogen and oxygen atoms in total. The lowest BCUT2D eigenvalue weighted by Gasteiger charge is -2.09. The van der Waals surface area contributed by atoms with Crippen LogP contribution in [0.1, 0.15) is 11.1 Å². The van der Waals surface area contributed by atoms with Gasteiger partial charge in [0.05, 0.1) is 12.1 Å². The first-order valence-corrected chi connectivity index (χ1v) is 7.78. The molecular weight excluding hydrogens is 296 g/mol. The molecule has 0 spiro atoms. The van der Waals surface area contributed by atoms with Gasteiger partial charge in [0.15, 0.2) is 0 Å². The second kappa shape index (κ2) is 6.97. The van der Waals surface area contributed by atoms with Crippen LogP contribution in [0.5, 0.6) is 0 Å². The fourth-order valence-electron chi connectivity index (χ4n) is 2.70. The molecule has 0 atom stereocenters. The number of nitrogens with zero attached hydrogens (tertiary/aromatic N) is 1. The Bertz CT molecular complexity index is 752. The van der Waals surface area contributed by atoms with Gasteiger partial charge in [0.25, 0.3) is 0 Å². The maximum Gasteiger partial charge on any atom is 0.0556 e. The van der Waals surface area contributed by atoms with Crippen LogP contribution < -0.4 is 5.32 Å². The van der Waals surface area contributed by atoms with E-state index in [0.717, 1.165) is 22.6 Å². The molecule has 3 aromatic rings. The Morgan fingerprint density at radius 3 is 2.68 bits per heavy atom. The number of nitrogens with one attached hydrogen (secondary N) is 1. The lowest BCUT2D eigenvalue weighted by Crippen LogP contribution is -2.17. The smallest absolute Gasteiger partial charge is 0.0556 e. The Morgan fingerprint density at radius 2 is 1.91 bits per heavy atom. The average molecular weight is 315 g/mol. The second-order valence-corrected chi connectivity index (χ2v) is 5.76. The molecule has 0 saturated carbocycles. The zero-order valence-corrected chi connectivity index (χ0v) is 13.1. The van der Waals surface area contributed by atoms with Gasteiger partial charge in [-0.25, -0.2) is 0 Å². The summed E-state index contributed by atoms with van der Waals surface area (Å²) in [6.07, 6.45) is 2.10.